The molecule has 1 unspecified atom stereocenters. The third-order valence-electron chi connectivity index (χ3n) is 3.24. The molecule has 0 radical (unpaired) electrons. The molecule has 0 spiro atoms. The van der Waals surface area contributed by atoms with Crippen LogP contribution in [0.2, 0.25) is 0 Å². The maximum Gasteiger partial charge on any atom is 0.260 e. The van der Waals surface area contributed by atoms with Crippen LogP contribution in [0.3, 0.4) is 0 Å². The molecule has 2 aromatic rings. The normalized spacial score (nSPS) is 13.7. The second kappa shape index (κ2) is 5.14. The molecule has 0 saturated carbocycles. The van der Waals surface area contributed by atoms with Gasteiger partial charge in [0.15, 0.2) is 5.03 Å². The number of rotatable bonds is 4. The molecule has 5 nitrogen and oxygen atoms in total. The summed E-state index contributed by atoms with van der Waals surface area (Å²) < 4.78 is 26.0. The number of benzene rings is 1. The highest BCUT2D eigenvalue weighted by molar-refractivity contribution is 7.89. The molecule has 1 atom stereocenters. The molecule has 19 heavy (non-hydrogen) atoms. The predicted molar refractivity (Wildman–Crippen MR) is 73.1 cm³/mol. The van der Waals surface area contributed by atoms with Gasteiger partial charge in [0, 0.05) is 13.1 Å². The Morgan fingerprint density at radius 2 is 1.84 bits per heavy atom. The molecule has 1 aromatic heterocycles. The van der Waals surface area contributed by atoms with Gasteiger partial charge in [0.05, 0.1) is 6.20 Å². The van der Waals surface area contributed by atoms with Gasteiger partial charge in [0.1, 0.15) is 0 Å². The monoisotopic (exact) mass is 279 g/mol. The van der Waals surface area contributed by atoms with Crippen molar-refractivity contribution in [1.82, 2.24) is 14.5 Å². The molecule has 102 valence electrons. The van der Waals surface area contributed by atoms with E-state index in [2.05, 4.69) is 10.2 Å². The number of aryl methyl sites for hydroxylation is 1. The molecule has 1 heterocycles. The van der Waals surface area contributed by atoms with Crippen LogP contribution in [0, 0.1) is 6.92 Å². The SMILES string of the molecule is Cc1ccc(C(C)N(C)S(=O)(=O)c2ccn[nH]2)cc1. The Bertz CT molecular complexity index is 633. The van der Waals surface area contributed by atoms with E-state index < -0.39 is 10.0 Å². The molecular formula is C13H17N3O2S. The zero-order valence-electron chi connectivity index (χ0n) is 11.2. The Kier molecular flexibility index (Phi) is 3.73. The first-order valence-corrected chi connectivity index (χ1v) is 7.41. The van der Waals surface area contributed by atoms with Crippen molar-refractivity contribution in [2.75, 3.05) is 7.05 Å². The van der Waals surface area contributed by atoms with Gasteiger partial charge >= 0.3 is 0 Å². The van der Waals surface area contributed by atoms with Gasteiger partial charge in [-0.05, 0) is 25.5 Å². The smallest absolute Gasteiger partial charge is 0.260 e. The minimum absolute atomic E-state index is 0.106. The summed E-state index contributed by atoms with van der Waals surface area (Å²) in [7, 11) is -1.97. The van der Waals surface area contributed by atoms with E-state index in [0.717, 1.165) is 11.1 Å². The molecule has 0 aliphatic heterocycles. The lowest BCUT2D eigenvalue weighted by Gasteiger charge is -2.24. The molecule has 2 rings (SSSR count). The van der Waals surface area contributed by atoms with Crippen molar-refractivity contribution in [2.24, 2.45) is 0 Å². The highest BCUT2D eigenvalue weighted by Crippen LogP contribution is 2.24. The fourth-order valence-electron chi connectivity index (χ4n) is 1.80. The Morgan fingerprint density at radius 1 is 1.21 bits per heavy atom. The molecule has 1 aromatic carbocycles. The van der Waals surface area contributed by atoms with E-state index >= 15 is 0 Å². The lowest BCUT2D eigenvalue weighted by atomic mass is 10.1. The molecule has 1 N–H and O–H groups in total. The summed E-state index contributed by atoms with van der Waals surface area (Å²) >= 11 is 0. The largest absolute Gasteiger partial charge is 0.266 e. The number of aromatic amines is 1. The third kappa shape index (κ3) is 2.69. The summed E-state index contributed by atoms with van der Waals surface area (Å²) in [5, 5.41) is 6.28. The van der Waals surface area contributed by atoms with Gasteiger partial charge in [-0.2, -0.15) is 9.40 Å². The summed E-state index contributed by atoms with van der Waals surface area (Å²) in [6.45, 7) is 3.86. The highest BCUT2D eigenvalue weighted by atomic mass is 32.2. The van der Waals surface area contributed by atoms with Crippen LogP contribution in [0.1, 0.15) is 24.1 Å². The number of sulfonamides is 1. The lowest BCUT2D eigenvalue weighted by molar-refractivity contribution is 0.396. The van der Waals surface area contributed by atoms with Gasteiger partial charge in [-0.25, -0.2) is 8.42 Å². The molecule has 6 heteroatoms. The summed E-state index contributed by atoms with van der Waals surface area (Å²) in [6.07, 6.45) is 1.43. The van der Waals surface area contributed by atoms with Gasteiger partial charge in [-0.3, -0.25) is 5.10 Å². The third-order valence-corrected chi connectivity index (χ3v) is 5.10. The van der Waals surface area contributed by atoms with E-state index in [1.165, 1.54) is 16.6 Å². The Balaban J connectivity index is 2.29. The molecule has 0 bridgehead atoms. The van der Waals surface area contributed by atoms with E-state index in [1.807, 2.05) is 38.1 Å². The fraction of sp³-hybridized carbons (Fsp3) is 0.308. The van der Waals surface area contributed by atoms with Crippen molar-refractivity contribution in [1.29, 1.82) is 0 Å². The van der Waals surface area contributed by atoms with Gasteiger partial charge in [-0.15, -0.1) is 0 Å². The average Bonchev–Trinajstić information content (AvgIpc) is 2.92. The van der Waals surface area contributed by atoms with Crippen LogP contribution >= 0.6 is 0 Å². The summed E-state index contributed by atoms with van der Waals surface area (Å²) in [6, 6.07) is 9.05. The van der Waals surface area contributed by atoms with Crippen molar-refractivity contribution in [2.45, 2.75) is 24.9 Å². The zero-order chi connectivity index (χ0) is 14.0. The molecule has 0 saturated heterocycles. The predicted octanol–water partition coefficient (Wildman–Crippen LogP) is 2.10. The second-order valence-electron chi connectivity index (χ2n) is 4.53. The number of hydrogen-bond acceptors (Lipinski definition) is 3. The van der Waals surface area contributed by atoms with Crippen LogP contribution in [0.5, 0.6) is 0 Å². The van der Waals surface area contributed by atoms with Gasteiger partial charge in [0.2, 0.25) is 0 Å². The maximum absolute atomic E-state index is 12.3. The Hall–Kier alpha value is -1.66. The first-order chi connectivity index (χ1) is 8.93. The quantitative estimate of drug-likeness (QED) is 0.932. The molecule has 0 amide bonds. The number of hydrogen-bond donors (Lipinski definition) is 1. The van der Waals surface area contributed by atoms with Crippen LogP contribution in [-0.4, -0.2) is 30.0 Å². The topological polar surface area (TPSA) is 66.1 Å². The van der Waals surface area contributed by atoms with Crippen molar-refractivity contribution >= 4 is 10.0 Å². The Morgan fingerprint density at radius 3 is 2.37 bits per heavy atom. The number of nitrogens with one attached hydrogen (secondary N) is 1. The van der Waals surface area contributed by atoms with E-state index in [-0.39, 0.29) is 11.1 Å². The maximum atomic E-state index is 12.3. The molecule has 0 aliphatic carbocycles. The highest BCUT2D eigenvalue weighted by Gasteiger charge is 2.27. The minimum Gasteiger partial charge on any atom is -0.266 e. The molecule has 0 aliphatic rings. The fourth-order valence-corrected chi connectivity index (χ4v) is 3.05. The van der Waals surface area contributed by atoms with Crippen LogP contribution in [0.25, 0.3) is 0 Å². The average molecular weight is 279 g/mol. The second-order valence-corrected chi connectivity index (χ2v) is 6.49. The number of H-pyrrole nitrogens is 1. The first-order valence-electron chi connectivity index (χ1n) is 5.97. The van der Waals surface area contributed by atoms with Gasteiger partial charge in [-0.1, -0.05) is 29.8 Å². The standard InChI is InChI=1S/C13H17N3O2S/c1-10-4-6-12(7-5-10)11(2)16(3)19(17,18)13-8-9-14-15-13/h4-9,11H,1-3H3,(H,14,15). The molecule has 0 fully saturated rings. The van der Waals surface area contributed by atoms with E-state index in [0.29, 0.717) is 0 Å². The van der Waals surface area contributed by atoms with E-state index in [4.69, 9.17) is 0 Å². The minimum atomic E-state index is -3.54. The van der Waals surface area contributed by atoms with Crippen LogP contribution in [0.4, 0.5) is 0 Å². The van der Waals surface area contributed by atoms with Crippen molar-refractivity contribution < 1.29 is 8.42 Å². The van der Waals surface area contributed by atoms with Crippen LogP contribution in [0.15, 0.2) is 41.6 Å². The van der Waals surface area contributed by atoms with Crippen molar-refractivity contribution in [3.05, 3.63) is 47.7 Å². The Labute approximate surface area is 113 Å². The number of nitrogens with zero attached hydrogens (tertiary/aromatic N) is 2. The number of aromatic nitrogens is 2. The van der Waals surface area contributed by atoms with Crippen LogP contribution in [-0.2, 0) is 10.0 Å². The van der Waals surface area contributed by atoms with Gasteiger partial charge in [0.25, 0.3) is 10.0 Å². The van der Waals surface area contributed by atoms with Crippen molar-refractivity contribution in [3.8, 4) is 0 Å². The summed E-state index contributed by atoms with van der Waals surface area (Å²) in [4.78, 5) is 0. The zero-order valence-corrected chi connectivity index (χ0v) is 12.0. The van der Waals surface area contributed by atoms with Crippen LogP contribution < -0.4 is 0 Å². The first kappa shape index (κ1) is 13.8. The summed E-state index contributed by atoms with van der Waals surface area (Å²) in [5.41, 5.74) is 2.10. The summed E-state index contributed by atoms with van der Waals surface area (Å²) in [5.74, 6) is 0. The van der Waals surface area contributed by atoms with Gasteiger partial charge < -0.3 is 0 Å². The van der Waals surface area contributed by atoms with Crippen molar-refractivity contribution in [3.63, 3.8) is 0 Å². The van der Waals surface area contributed by atoms with E-state index in [1.54, 1.807) is 7.05 Å². The van der Waals surface area contributed by atoms with E-state index in [9.17, 15) is 8.42 Å². The molecular weight excluding hydrogens is 262 g/mol. The lowest BCUT2D eigenvalue weighted by Crippen LogP contribution is -2.30.